The fraction of sp³-hybridized carbons (Fsp3) is 0.786. The molecule has 0 bridgehead atoms. The minimum Gasteiger partial charge on any atom is -0.317 e. The summed E-state index contributed by atoms with van der Waals surface area (Å²) in [6.07, 6.45) is 2.66. The van der Waals surface area contributed by atoms with Gasteiger partial charge in [0, 0.05) is 26.2 Å². The van der Waals surface area contributed by atoms with E-state index in [1.807, 2.05) is 11.7 Å². The molecule has 1 N–H and O–H groups in total. The summed E-state index contributed by atoms with van der Waals surface area (Å²) in [5.41, 5.74) is 2.44. The Morgan fingerprint density at radius 3 is 2.94 bits per heavy atom. The second-order valence-corrected chi connectivity index (χ2v) is 5.62. The summed E-state index contributed by atoms with van der Waals surface area (Å²) in [7, 11) is 4.11. The molecule has 2 atom stereocenters. The van der Waals surface area contributed by atoms with Gasteiger partial charge in [-0.1, -0.05) is 0 Å². The first-order chi connectivity index (χ1) is 8.60. The van der Waals surface area contributed by atoms with Gasteiger partial charge in [-0.25, -0.2) is 0 Å². The quantitative estimate of drug-likeness (QED) is 0.880. The smallest absolute Gasteiger partial charge is 0.0597 e. The Hall–Kier alpha value is -0.870. The van der Waals surface area contributed by atoms with Crippen molar-refractivity contribution in [3.05, 3.63) is 17.5 Å². The van der Waals surface area contributed by atoms with Crippen LogP contribution in [-0.2, 0) is 13.6 Å². The van der Waals surface area contributed by atoms with Crippen molar-refractivity contribution in [2.75, 3.05) is 20.1 Å². The minimum absolute atomic E-state index is 0.612. The molecule has 0 aliphatic carbocycles. The number of hydrogen-bond donors (Lipinski definition) is 1. The first-order valence-corrected chi connectivity index (χ1v) is 6.99. The number of aromatic nitrogens is 2. The van der Waals surface area contributed by atoms with Crippen LogP contribution in [0.4, 0.5) is 0 Å². The summed E-state index contributed by atoms with van der Waals surface area (Å²) in [6, 6.07) is 2.81. The van der Waals surface area contributed by atoms with E-state index < -0.39 is 0 Å². The van der Waals surface area contributed by atoms with Gasteiger partial charge in [0.25, 0.3) is 0 Å². The van der Waals surface area contributed by atoms with Crippen molar-refractivity contribution >= 4 is 0 Å². The molecule has 4 heteroatoms. The van der Waals surface area contributed by atoms with Crippen LogP contribution < -0.4 is 5.32 Å². The molecule has 2 unspecified atom stereocenters. The second kappa shape index (κ2) is 5.85. The molecule has 1 saturated heterocycles. The number of rotatable bonds is 4. The fourth-order valence-corrected chi connectivity index (χ4v) is 2.92. The molecule has 2 rings (SSSR count). The molecule has 4 nitrogen and oxygen atoms in total. The Morgan fingerprint density at radius 2 is 2.33 bits per heavy atom. The van der Waals surface area contributed by atoms with E-state index in [9.17, 15) is 0 Å². The Balaban J connectivity index is 1.95. The lowest BCUT2D eigenvalue weighted by Crippen LogP contribution is -2.43. The van der Waals surface area contributed by atoms with E-state index in [0.29, 0.717) is 6.04 Å². The molecule has 2 heterocycles. The second-order valence-electron chi connectivity index (χ2n) is 5.62. The van der Waals surface area contributed by atoms with Gasteiger partial charge in [-0.3, -0.25) is 9.58 Å². The van der Waals surface area contributed by atoms with E-state index in [1.165, 1.54) is 31.6 Å². The maximum atomic E-state index is 4.42. The van der Waals surface area contributed by atoms with Gasteiger partial charge in [0.05, 0.1) is 11.4 Å². The molecule has 1 aliphatic rings. The SMILES string of the molecule is CNC(C)C1CCCN(Cc2cc(C)nn2C)C1. The van der Waals surface area contributed by atoms with Crippen molar-refractivity contribution in [1.82, 2.24) is 20.0 Å². The van der Waals surface area contributed by atoms with Gasteiger partial charge in [-0.2, -0.15) is 5.10 Å². The van der Waals surface area contributed by atoms with E-state index in [-0.39, 0.29) is 0 Å². The van der Waals surface area contributed by atoms with Crippen molar-refractivity contribution in [3.8, 4) is 0 Å². The third-order valence-electron chi connectivity index (χ3n) is 4.19. The minimum atomic E-state index is 0.612. The van der Waals surface area contributed by atoms with E-state index in [4.69, 9.17) is 0 Å². The number of likely N-dealkylation sites (tertiary alicyclic amines) is 1. The molecule has 0 amide bonds. The average Bonchev–Trinajstić information content (AvgIpc) is 2.67. The molecule has 102 valence electrons. The van der Waals surface area contributed by atoms with Crippen LogP contribution in [0, 0.1) is 12.8 Å². The van der Waals surface area contributed by atoms with Crippen LogP contribution in [0.5, 0.6) is 0 Å². The lowest BCUT2D eigenvalue weighted by atomic mass is 9.91. The summed E-state index contributed by atoms with van der Waals surface area (Å²) < 4.78 is 2.01. The molecule has 0 saturated carbocycles. The number of hydrogen-bond acceptors (Lipinski definition) is 3. The maximum Gasteiger partial charge on any atom is 0.0597 e. The molecule has 0 radical (unpaired) electrons. The Kier molecular flexibility index (Phi) is 4.40. The molecule has 18 heavy (non-hydrogen) atoms. The van der Waals surface area contributed by atoms with Crippen molar-refractivity contribution < 1.29 is 0 Å². The van der Waals surface area contributed by atoms with Gasteiger partial charge < -0.3 is 5.32 Å². The first-order valence-electron chi connectivity index (χ1n) is 6.99. The van der Waals surface area contributed by atoms with Crippen LogP contribution in [0.25, 0.3) is 0 Å². The maximum absolute atomic E-state index is 4.42. The van der Waals surface area contributed by atoms with Gasteiger partial charge in [0.1, 0.15) is 0 Å². The Labute approximate surface area is 110 Å². The topological polar surface area (TPSA) is 33.1 Å². The standard InChI is InChI=1S/C14H26N4/c1-11-8-14(17(4)16-11)10-18-7-5-6-13(9-18)12(2)15-3/h8,12-13,15H,5-7,9-10H2,1-4H3. The number of nitrogens with one attached hydrogen (secondary N) is 1. The van der Waals surface area contributed by atoms with Crippen LogP contribution in [0.3, 0.4) is 0 Å². The highest BCUT2D eigenvalue weighted by atomic mass is 15.3. The molecule has 1 aliphatic heterocycles. The van der Waals surface area contributed by atoms with Gasteiger partial charge in [0.2, 0.25) is 0 Å². The van der Waals surface area contributed by atoms with Gasteiger partial charge in [-0.15, -0.1) is 0 Å². The van der Waals surface area contributed by atoms with Crippen molar-refractivity contribution in [2.24, 2.45) is 13.0 Å². The molecule has 1 aromatic rings. The zero-order valence-electron chi connectivity index (χ0n) is 12.1. The van der Waals surface area contributed by atoms with Crippen molar-refractivity contribution in [3.63, 3.8) is 0 Å². The predicted octanol–water partition coefficient (Wildman–Crippen LogP) is 1.55. The van der Waals surface area contributed by atoms with Crippen molar-refractivity contribution in [2.45, 2.75) is 39.3 Å². The molecular weight excluding hydrogens is 224 g/mol. The summed E-state index contributed by atoms with van der Waals surface area (Å²) in [5.74, 6) is 0.776. The largest absolute Gasteiger partial charge is 0.317 e. The Bertz CT molecular complexity index is 385. The van der Waals surface area contributed by atoms with E-state index in [0.717, 1.165) is 18.2 Å². The van der Waals surface area contributed by atoms with Crippen LogP contribution >= 0.6 is 0 Å². The number of aryl methyl sites for hydroxylation is 2. The predicted molar refractivity (Wildman–Crippen MR) is 74.5 cm³/mol. The average molecular weight is 250 g/mol. The molecule has 0 aromatic carbocycles. The van der Waals surface area contributed by atoms with Crippen LogP contribution in [0.15, 0.2) is 6.07 Å². The zero-order valence-corrected chi connectivity index (χ0v) is 12.1. The zero-order chi connectivity index (χ0) is 13.1. The number of piperidine rings is 1. The lowest BCUT2D eigenvalue weighted by Gasteiger charge is -2.35. The fourth-order valence-electron chi connectivity index (χ4n) is 2.92. The summed E-state index contributed by atoms with van der Waals surface area (Å²) in [4.78, 5) is 2.57. The third kappa shape index (κ3) is 3.12. The van der Waals surface area contributed by atoms with Crippen LogP contribution in [0.1, 0.15) is 31.2 Å². The van der Waals surface area contributed by atoms with Gasteiger partial charge >= 0.3 is 0 Å². The van der Waals surface area contributed by atoms with Crippen LogP contribution in [-0.4, -0.2) is 40.9 Å². The van der Waals surface area contributed by atoms with Gasteiger partial charge in [0.15, 0.2) is 0 Å². The highest BCUT2D eigenvalue weighted by Crippen LogP contribution is 2.21. The molecule has 1 aromatic heterocycles. The molecule has 0 spiro atoms. The summed E-state index contributed by atoms with van der Waals surface area (Å²) in [6.45, 7) is 7.81. The monoisotopic (exact) mass is 250 g/mol. The summed E-state index contributed by atoms with van der Waals surface area (Å²) in [5, 5.41) is 7.81. The highest BCUT2D eigenvalue weighted by molar-refractivity contribution is 5.08. The third-order valence-corrected chi connectivity index (χ3v) is 4.19. The van der Waals surface area contributed by atoms with E-state index in [2.05, 4.69) is 42.3 Å². The summed E-state index contributed by atoms with van der Waals surface area (Å²) >= 11 is 0. The number of nitrogens with zero attached hydrogens (tertiary/aromatic N) is 3. The molecule has 1 fully saturated rings. The first kappa shape index (κ1) is 13.6. The van der Waals surface area contributed by atoms with Crippen LogP contribution in [0.2, 0.25) is 0 Å². The normalized spacial score (nSPS) is 23.2. The lowest BCUT2D eigenvalue weighted by molar-refractivity contribution is 0.144. The van der Waals surface area contributed by atoms with E-state index >= 15 is 0 Å². The highest BCUT2D eigenvalue weighted by Gasteiger charge is 2.24. The van der Waals surface area contributed by atoms with Crippen molar-refractivity contribution in [1.29, 1.82) is 0 Å². The van der Waals surface area contributed by atoms with Gasteiger partial charge in [-0.05, 0) is 52.3 Å². The Morgan fingerprint density at radius 1 is 1.56 bits per heavy atom. The van der Waals surface area contributed by atoms with E-state index in [1.54, 1.807) is 0 Å². The molecular formula is C14H26N4.